The molecular formula is C16H27N5O2. The molecule has 1 aromatic rings. The van der Waals surface area contributed by atoms with Gasteiger partial charge in [-0.15, -0.1) is 0 Å². The van der Waals surface area contributed by atoms with Crippen LogP contribution in [-0.4, -0.2) is 51.7 Å². The number of nitrogens with two attached hydrogens (primary N) is 1. The number of carbonyl (C=O) groups is 2. The van der Waals surface area contributed by atoms with Crippen LogP contribution in [0, 0.1) is 12.8 Å². The van der Waals surface area contributed by atoms with Crippen molar-refractivity contribution in [1.29, 1.82) is 0 Å². The predicted octanol–water partition coefficient (Wildman–Crippen LogP) is 0.282. The lowest BCUT2D eigenvalue weighted by Gasteiger charge is -2.33. The number of rotatable bonds is 6. The maximum atomic E-state index is 12.5. The molecule has 0 aliphatic carbocycles. The van der Waals surface area contributed by atoms with E-state index in [2.05, 4.69) is 10.4 Å². The zero-order chi connectivity index (χ0) is 17.0. The van der Waals surface area contributed by atoms with Crippen molar-refractivity contribution < 1.29 is 9.59 Å². The minimum atomic E-state index is -0.314. The first-order valence-electron chi connectivity index (χ1n) is 8.20. The smallest absolute Gasteiger partial charge is 0.239 e. The number of primary amides is 1. The van der Waals surface area contributed by atoms with Gasteiger partial charge in [-0.2, -0.15) is 5.10 Å². The van der Waals surface area contributed by atoms with Crippen LogP contribution >= 0.6 is 0 Å². The molecule has 0 radical (unpaired) electrons. The number of aromatic nitrogens is 2. The average molecular weight is 321 g/mol. The minimum Gasteiger partial charge on any atom is -0.369 e. The van der Waals surface area contributed by atoms with Gasteiger partial charge >= 0.3 is 0 Å². The van der Waals surface area contributed by atoms with Gasteiger partial charge in [0.25, 0.3) is 0 Å². The molecule has 0 unspecified atom stereocenters. The highest BCUT2D eigenvalue weighted by atomic mass is 16.2. The second kappa shape index (κ2) is 7.59. The molecule has 3 atom stereocenters. The molecule has 128 valence electrons. The summed E-state index contributed by atoms with van der Waals surface area (Å²) < 4.78 is 1.87. The van der Waals surface area contributed by atoms with Crippen molar-refractivity contribution in [3.8, 4) is 0 Å². The molecule has 1 fully saturated rings. The highest BCUT2D eigenvalue weighted by Crippen LogP contribution is 2.16. The molecule has 0 bridgehead atoms. The normalized spacial score (nSPS) is 21.0. The Labute approximate surface area is 137 Å². The molecule has 2 amide bonds. The van der Waals surface area contributed by atoms with E-state index in [1.54, 1.807) is 4.90 Å². The minimum absolute atomic E-state index is 0.0273. The molecule has 2 rings (SSSR count). The maximum absolute atomic E-state index is 12.5. The number of nitrogens with one attached hydrogen (secondary N) is 1. The number of carbonyl (C=O) groups excluding carboxylic acids is 2. The van der Waals surface area contributed by atoms with Gasteiger partial charge in [0, 0.05) is 25.3 Å². The van der Waals surface area contributed by atoms with Crippen molar-refractivity contribution >= 4 is 11.8 Å². The van der Waals surface area contributed by atoms with Crippen molar-refractivity contribution in [3.63, 3.8) is 0 Å². The molecule has 1 saturated heterocycles. The Balaban J connectivity index is 1.85. The first-order valence-corrected chi connectivity index (χ1v) is 8.20. The van der Waals surface area contributed by atoms with Gasteiger partial charge in [-0.25, -0.2) is 0 Å². The molecule has 23 heavy (non-hydrogen) atoms. The monoisotopic (exact) mass is 321 g/mol. The first kappa shape index (κ1) is 17.5. The number of aryl methyl sites for hydroxylation is 1. The van der Waals surface area contributed by atoms with Crippen molar-refractivity contribution in [1.82, 2.24) is 20.0 Å². The third kappa shape index (κ3) is 4.79. The summed E-state index contributed by atoms with van der Waals surface area (Å²) in [5.74, 6) is -0.505. The van der Waals surface area contributed by atoms with E-state index in [1.807, 2.05) is 37.8 Å². The first-order chi connectivity index (χ1) is 10.9. The highest BCUT2D eigenvalue weighted by Gasteiger charge is 2.29. The van der Waals surface area contributed by atoms with Crippen LogP contribution in [0.5, 0.6) is 0 Å². The van der Waals surface area contributed by atoms with Gasteiger partial charge in [-0.1, -0.05) is 0 Å². The molecule has 7 nitrogen and oxygen atoms in total. The topological polar surface area (TPSA) is 93.2 Å². The van der Waals surface area contributed by atoms with Gasteiger partial charge in [0.05, 0.1) is 24.7 Å². The van der Waals surface area contributed by atoms with E-state index in [9.17, 15) is 9.59 Å². The van der Waals surface area contributed by atoms with E-state index in [1.165, 1.54) is 0 Å². The summed E-state index contributed by atoms with van der Waals surface area (Å²) in [6, 6.07) is -0.182. The van der Waals surface area contributed by atoms with Gasteiger partial charge in [0.1, 0.15) is 0 Å². The maximum Gasteiger partial charge on any atom is 0.239 e. The fourth-order valence-corrected chi connectivity index (χ4v) is 3.08. The summed E-state index contributed by atoms with van der Waals surface area (Å²) in [6.07, 6.45) is 5.40. The fourth-order valence-electron chi connectivity index (χ4n) is 3.08. The zero-order valence-corrected chi connectivity index (χ0v) is 14.2. The molecule has 1 aliphatic rings. The van der Waals surface area contributed by atoms with Crippen molar-refractivity contribution in [2.24, 2.45) is 11.7 Å². The molecular weight excluding hydrogens is 294 g/mol. The van der Waals surface area contributed by atoms with Crippen LogP contribution in [0.3, 0.4) is 0 Å². The average Bonchev–Trinajstić information content (AvgIpc) is 2.91. The number of amides is 2. The molecule has 7 heteroatoms. The zero-order valence-electron chi connectivity index (χ0n) is 14.2. The molecule has 1 aliphatic heterocycles. The number of hydrogen-bond acceptors (Lipinski definition) is 4. The van der Waals surface area contributed by atoms with Crippen LogP contribution in [0.2, 0.25) is 0 Å². The number of likely N-dealkylation sites (tertiary alicyclic amines) is 1. The SMILES string of the molecule is Cc1cnn(C[C@H](C)N[C@@H](C)C(=O)N2CCC[C@@H](C(N)=O)C2)c1. The summed E-state index contributed by atoms with van der Waals surface area (Å²) in [5, 5.41) is 7.57. The highest BCUT2D eigenvalue weighted by molar-refractivity contribution is 5.83. The standard InChI is InChI=1S/C16H27N5O2/c1-11-7-18-21(8-11)9-12(2)19-13(3)16(23)20-6-4-5-14(10-20)15(17)22/h7-8,12-14,19H,4-6,9-10H2,1-3H3,(H2,17,22)/t12-,13-,14+/m0/s1. The Bertz CT molecular complexity index is 556. The lowest BCUT2D eigenvalue weighted by molar-refractivity contribution is -0.136. The molecule has 2 heterocycles. The van der Waals surface area contributed by atoms with E-state index >= 15 is 0 Å². The predicted molar refractivity (Wildman–Crippen MR) is 87.5 cm³/mol. The van der Waals surface area contributed by atoms with Gasteiger partial charge in [-0.05, 0) is 39.2 Å². The van der Waals surface area contributed by atoms with Crippen LogP contribution < -0.4 is 11.1 Å². The third-order valence-corrected chi connectivity index (χ3v) is 4.26. The number of piperidine rings is 1. The van der Waals surface area contributed by atoms with E-state index in [4.69, 9.17) is 5.73 Å². The molecule has 0 spiro atoms. The summed E-state index contributed by atoms with van der Waals surface area (Å²) >= 11 is 0. The van der Waals surface area contributed by atoms with Crippen LogP contribution in [-0.2, 0) is 16.1 Å². The Morgan fingerprint density at radius 3 is 2.83 bits per heavy atom. The molecule has 0 aromatic carbocycles. The van der Waals surface area contributed by atoms with Crippen LogP contribution in [0.4, 0.5) is 0 Å². The lowest BCUT2D eigenvalue weighted by atomic mass is 9.97. The third-order valence-electron chi connectivity index (χ3n) is 4.26. The Morgan fingerprint density at radius 2 is 2.22 bits per heavy atom. The Kier molecular flexibility index (Phi) is 5.76. The summed E-state index contributed by atoms with van der Waals surface area (Å²) in [7, 11) is 0. The van der Waals surface area contributed by atoms with Gasteiger partial charge < -0.3 is 16.0 Å². The van der Waals surface area contributed by atoms with E-state index in [0.29, 0.717) is 19.6 Å². The second-order valence-corrected chi connectivity index (χ2v) is 6.55. The van der Waals surface area contributed by atoms with Crippen LogP contribution in [0.15, 0.2) is 12.4 Å². The summed E-state index contributed by atoms with van der Waals surface area (Å²) in [6.45, 7) is 7.73. The second-order valence-electron chi connectivity index (χ2n) is 6.55. The van der Waals surface area contributed by atoms with Gasteiger partial charge in [-0.3, -0.25) is 14.3 Å². The molecule has 1 aromatic heterocycles. The van der Waals surface area contributed by atoms with E-state index in [-0.39, 0.29) is 29.8 Å². The number of hydrogen-bond donors (Lipinski definition) is 2. The quantitative estimate of drug-likeness (QED) is 0.787. The van der Waals surface area contributed by atoms with E-state index in [0.717, 1.165) is 18.4 Å². The molecule has 0 saturated carbocycles. The fraction of sp³-hybridized carbons (Fsp3) is 0.688. The lowest BCUT2D eigenvalue weighted by Crippen LogP contribution is -2.52. The number of nitrogens with zero attached hydrogens (tertiary/aromatic N) is 3. The largest absolute Gasteiger partial charge is 0.369 e. The summed E-state index contributed by atoms with van der Waals surface area (Å²) in [5.41, 5.74) is 6.49. The molecule has 3 N–H and O–H groups in total. The van der Waals surface area contributed by atoms with Crippen LogP contribution in [0.1, 0.15) is 32.3 Å². The Hall–Kier alpha value is -1.89. The van der Waals surface area contributed by atoms with Crippen molar-refractivity contribution in [2.45, 2.75) is 52.2 Å². The Morgan fingerprint density at radius 1 is 1.48 bits per heavy atom. The summed E-state index contributed by atoms with van der Waals surface area (Å²) in [4.78, 5) is 25.6. The van der Waals surface area contributed by atoms with Gasteiger partial charge in [0.15, 0.2) is 0 Å². The van der Waals surface area contributed by atoms with Crippen molar-refractivity contribution in [2.75, 3.05) is 13.1 Å². The van der Waals surface area contributed by atoms with Crippen molar-refractivity contribution in [3.05, 3.63) is 18.0 Å². The van der Waals surface area contributed by atoms with E-state index < -0.39 is 0 Å². The van der Waals surface area contributed by atoms with Crippen LogP contribution in [0.25, 0.3) is 0 Å². The van der Waals surface area contributed by atoms with Gasteiger partial charge in [0.2, 0.25) is 11.8 Å².